The summed E-state index contributed by atoms with van der Waals surface area (Å²) in [5.41, 5.74) is 3.75. The molecule has 0 aliphatic heterocycles. The van der Waals surface area contributed by atoms with Crippen LogP contribution in [0.2, 0.25) is 5.02 Å². The summed E-state index contributed by atoms with van der Waals surface area (Å²) < 4.78 is 0. The summed E-state index contributed by atoms with van der Waals surface area (Å²) in [6.07, 6.45) is 0. The normalized spacial score (nSPS) is 12.7. The van der Waals surface area contributed by atoms with Crippen molar-refractivity contribution < 1.29 is 0 Å². The number of hydrogen-bond acceptors (Lipinski definition) is 2. The molecule has 0 amide bonds. The molecule has 0 aliphatic carbocycles. The molecule has 0 saturated heterocycles. The van der Waals surface area contributed by atoms with Crippen LogP contribution in [0.1, 0.15) is 27.6 Å². The zero-order chi connectivity index (χ0) is 12.4. The SMILES string of the molecule is CNC(c1cc(C)cc(Cl)c1)c1sccc1C. The van der Waals surface area contributed by atoms with Crippen LogP contribution in [-0.2, 0) is 0 Å². The van der Waals surface area contributed by atoms with Gasteiger partial charge >= 0.3 is 0 Å². The van der Waals surface area contributed by atoms with Gasteiger partial charge in [-0.3, -0.25) is 0 Å². The predicted molar refractivity (Wildman–Crippen MR) is 76.1 cm³/mol. The number of hydrogen-bond donors (Lipinski definition) is 1. The minimum Gasteiger partial charge on any atom is -0.309 e. The fourth-order valence-electron chi connectivity index (χ4n) is 2.06. The molecule has 1 unspecified atom stereocenters. The minimum absolute atomic E-state index is 0.229. The maximum absolute atomic E-state index is 6.13. The van der Waals surface area contributed by atoms with E-state index in [0.29, 0.717) is 0 Å². The number of aryl methyl sites for hydroxylation is 2. The molecule has 1 nitrogen and oxygen atoms in total. The van der Waals surface area contributed by atoms with Gasteiger partial charge in [0.15, 0.2) is 0 Å². The Morgan fingerprint density at radius 2 is 2.00 bits per heavy atom. The van der Waals surface area contributed by atoms with E-state index in [-0.39, 0.29) is 6.04 Å². The van der Waals surface area contributed by atoms with Gasteiger partial charge in [0.05, 0.1) is 6.04 Å². The fraction of sp³-hybridized carbons (Fsp3) is 0.286. The highest BCUT2D eigenvalue weighted by Crippen LogP contribution is 2.30. The van der Waals surface area contributed by atoms with Crippen molar-refractivity contribution >= 4 is 22.9 Å². The van der Waals surface area contributed by atoms with E-state index in [1.54, 1.807) is 11.3 Å². The summed E-state index contributed by atoms with van der Waals surface area (Å²) in [7, 11) is 1.99. The first-order valence-corrected chi connectivity index (χ1v) is 6.86. The monoisotopic (exact) mass is 265 g/mol. The van der Waals surface area contributed by atoms with Crippen molar-refractivity contribution in [2.45, 2.75) is 19.9 Å². The summed E-state index contributed by atoms with van der Waals surface area (Å²) >= 11 is 7.91. The Morgan fingerprint density at radius 1 is 1.24 bits per heavy atom. The minimum atomic E-state index is 0.229. The molecule has 0 fully saturated rings. The predicted octanol–water partition coefficient (Wildman–Crippen LogP) is 4.33. The second-order valence-corrected chi connectivity index (χ2v) is 5.64. The Labute approximate surface area is 111 Å². The van der Waals surface area contributed by atoms with Crippen molar-refractivity contribution in [2.24, 2.45) is 0 Å². The number of thiophene rings is 1. The standard InChI is InChI=1S/C14H16ClNS/c1-9-6-11(8-12(15)7-9)13(16-3)14-10(2)4-5-17-14/h4-8,13,16H,1-3H3. The second-order valence-electron chi connectivity index (χ2n) is 4.25. The first-order chi connectivity index (χ1) is 8.11. The van der Waals surface area contributed by atoms with E-state index >= 15 is 0 Å². The quantitative estimate of drug-likeness (QED) is 0.871. The molecule has 0 spiro atoms. The largest absolute Gasteiger partial charge is 0.309 e. The molecule has 1 aromatic carbocycles. The molecule has 2 rings (SSSR count). The van der Waals surface area contributed by atoms with E-state index in [9.17, 15) is 0 Å². The molecule has 90 valence electrons. The van der Waals surface area contributed by atoms with Crippen LogP contribution in [0.15, 0.2) is 29.6 Å². The topological polar surface area (TPSA) is 12.0 Å². The van der Waals surface area contributed by atoms with Gasteiger partial charge in [0.2, 0.25) is 0 Å². The van der Waals surface area contributed by atoms with Gasteiger partial charge in [0, 0.05) is 9.90 Å². The fourth-order valence-corrected chi connectivity index (χ4v) is 3.42. The highest BCUT2D eigenvalue weighted by molar-refractivity contribution is 7.10. The van der Waals surface area contributed by atoms with Gasteiger partial charge in [-0.2, -0.15) is 0 Å². The molecule has 2 aromatic rings. The average molecular weight is 266 g/mol. The van der Waals surface area contributed by atoms with Crippen LogP contribution in [0.4, 0.5) is 0 Å². The Morgan fingerprint density at radius 3 is 2.53 bits per heavy atom. The van der Waals surface area contributed by atoms with Crippen LogP contribution in [0.5, 0.6) is 0 Å². The average Bonchev–Trinajstić information content (AvgIpc) is 2.65. The zero-order valence-electron chi connectivity index (χ0n) is 10.3. The molecule has 3 heteroatoms. The molecule has 1 N–H and O–H groups in total. The Hall–Kier alpha value is -0.830. The molecule has 1 aromatic heterocycles. The lowest BCUT2D eigenvalue weighted by atomic mass is 10.0. The van der Waals surface area contributed by atoms with Gasteiger partial charge in [-0.05, 0) is 61.2 Å². The van der Waals surface area contributed by atoms with E-state index in [0.717, 1.165) is 5.02 Å². The van der Waals surface area contributed by atoms with E-state index in [1.165, 1.54) is 21.6 Å². The maximum atomic E-state index is 6.13. The lowest BCUT2D eigenvalue weighted by Crippen LogP contribution is -2.17. The van der Waals surface area contributed by atoms with Crippen molar-refractivity contribution in [1.82, 2.24) is 5.32 Å². The van der Waals surface area contributed by atoms with Crippen molar-refractivity contribution in [3.8, 4) is 0 Å². The van der Waals surface area contributed by atoms with Crippen molar-refractivity contribution in [3.05, 3.63) is 56.2 Å². The first-order valence-electron chi connectivity index (χ1n) is 5.60. The van der Waals surface area contributed by atoms with Crippen molar-refractivity contribution in [1.29, 1.82) is 0 Å². The van der Waals surface area contributed by atoms with Crippen LogP contribution < -0.4 is 5.32 Å². The molecular formula is C14H16ClNS. The van der Waals surface area contributed by atoms with Crippen LogP contribution in [0.25, 0.3) is 0 Å². The van der Waals surface area contributed by atoms with Crippen LogP contribution in [0.3, 0.4) is 0 Å². The first kappa shape index (κ1) is 12.6. The molecule has 0 saturated carbocycles. The smallest absolute Gasteiger partial charge is 0.0671 e. The van der Waals surface area contributed by atoms with Gasteiger partial charge in [-0.15, -0.1) is 11.3 Å². The van der Waals surface area contributed by atoms with Crippen molar-refractivity contribution in [3.63, 3.8) is 0 Å². The van der Waals surface area contributed by atoms with Crippen molar-refractivity contribution in [2.75, 3.05) is 7.05 Å². The number of rotatable bonds is 3. The van der Waals surface area contributed by atoms with E-state index in [4.69, 9.17) is 11.6 Å². The highest BCUT2D eigenvalue weighted by Gasteiger charge is 2.16. The Balaban J connectivity index is 2.45. The van der Waals surface area contributed by atoms with Gasteiger partial charge in [0.1, 0.15) is 0 Å². The summed E-state index contributed by atoms with van der Waals surface area (Å²) in [5, 5.41) is 6.30. The third-order valence-corrected chi connectivity index (χ3v) is 4.15. The van der Waals surface area contributed by atoms with E-state index in [2.05, 4.69) is 36.7 Å². The van der Waals surface area contributed by atoms with E-state index < -0.39 is 0 Å². The number of nitrogens with one attached hydrogen (secondary N) is 1. The molecule has 0 bridgehead atoms. The Kier molecular flexibility index (Phi) is 3.87. The lowest BCUT2D eigenvalue weighted by Gasteiger charge is -2.17. The summed E-state index contributed by atoms with van der Waals surface area (Å²) in [6.45, 7) is 4.22. The summed E-state index contributed by atoms with van der Waals surface area (Å²) in [5.74, 6) is 0. The third kappa shape index (κ3) is 2.71. The maximum Gasteiger partial charge on any atom is 0.0671 e. The van der Waals surface area contributed by atoms with Gasteiger partial charge < -0.3 is 5.32 Å². The second kappa shape index (κ2) is 5.21. The summed E-state index contributed by atoms with van der Waals surface area (Å²) in [4.78, 5) is 1.36. The molecule has 0 aliphatic rings. The van der Waals surface area contributed by atoms with Gasteiger partial charge in [-0.25, -0.2) is 0 Å². The summed E-state index contributed by atoms with van der Waals surface area (Å²) in [6, 6.07) is 8.59. The third-order valence-electron chi connectivity index (χ3n) is 2.85. The number of benzene rings is 1. The highest BCUT2D eigenvalue weighted by atomic mass is 35.5. The molecule has 1 heterocycles. The van der Waals surface area contributed by atoms with Gasteiger partial charge in [-0.1, -0.05) is 17.7 Å². The molecule has 1 atom stereocenters. The molecule has 17 heavy (non-hydrogen) atoms. The molecule has 0 radical (unpaired) electrons. The van der Waals surface area contributed by atoms with Crippen LogP contribution >= 0.6 is 22.9 Å². The number of halogens is 1. The lowest BCUT2D eigenvalue weighted by molar-refractivity contribution is 0.700. The van der Waals surface area contributed by atoms with Gasteiger partial charge in [0.25, 0.3) is 0 Å². The van der Waals surface area contributed by atoms with E-state index in [1.807, 2.05) is 19.2 Å². The Bertz CT molecular complexity index is 498. The molecular weight excluding hydrogens is 250 g/mol. The zero-order valence-corrected chi connectivity index (χ0v) is 11.8. The van der Waals surface area contributed by atoms with Crippen LogP contribution in [0, 0.1) is 13.8 Å². The van der Waals surface area contributed by atoms with Crippen LogP contribution in [-0.4, -0.2) is 7.05 Å².